The van der Waals surface area contributed by atoms with E-state index < -0.39 is 0 Å². The van der Waals surface area contributed by atoms with Crippen LogP contribution in [-0.4, -0.2) is 43.4 Å². The zero-order valence-corrected chi connectivity index (χ0v) is 23.4. The van der Waals surface area contributed by atoms with Gasteiger partial charge in [-0.05, 0) is 61.7 Å². The van der Waals surface area contributed by atoms with E-state index in [2.05, 4.69) is 47.5 Å². The van der Waals surface area contributed by atoms with Gasteiger partial charge in [0.25, 0.3) is 11.8 Å². The predicted octanol–water partition coefficient (Wildman–Crippen LogP) is 6.53. The first kappa shape index (κ1) is 27.7. The quantitative estimate of drug-likeness (QED) is 0.228. The van der Waals surface area contributed by atoms with Crippen LogP contribution < -0.4 is 10.2 Å². The van der Waals surface area contributed by atoms with E-state index in [-0.39, 0.29) is 11.8 Å². The molecule has 0 fully saturated rings. The lowest BCUT2D eigenvalue weighted by atomic mass is 10.1. The van der Waals surface area contributed by atoms with Gasteiger partial charge in [-0.3, -0.25) is 14.5 Å². The molecule has 0 radical (unpaired) electrons. The summed E-state index contributed by atoms with van der Waals surface area (Å²) in [5, 5.41) is 3.07. The SMILES string of the molecule is CCCCN(CCCNC(=O)c1ccc2c(c1)N(C)C(=O)C(=Cc1cccc(C)c1)S2)Cc1ccccc1. The van der Waals surface area contributed by atoms with Crippen LogP contribution in [0.4, 0.5) is 5.69 Å². The fourth-order valence-corrected chi connectivity index (χ4v) is 5.64. The number of benzene rings is 3. The number of thioether (sulfide) groups is 1. The molecule has 0 unspecified atom stereocenters. The highest BCUT2D eigenvalue weighted by atomic mass is 32.2. The van der Waals surface area contributed by atoms with Gasteiger partial charge in [-0.15, -0.1) is 0 Å². The Bertz CT molecular complexity index is 1290. The number of rotatable bonds is 11. The minimum absolute atomic E-state index is 0.0628. The number of nitrogens with zero attached hydrogens (tertiary/aromatic N) is 2. The van der Waals surface area contributed by atoms with Crippen LogP contribution in [0.5, 0.6) is 0 Å². The Morgan fingerprint density at radius 2 is 1.79 bits per heavy atom. The second-order valence-electron chi connectivity index (χ2n) is 9.80. The molecule has 1 N–H and O–H groups in total. The molecule has 1 aliphatic rings. The standard InChI is InChI=1S/C32H37N3O2S/c1-4-5-18-35(23-25-12-7-6-8-13-25)19-10-17-33-31(36)27-15-16-29-28(22-27)34(3)32(37)30(38-29)21-26-14-9-11-24(2)20-26/h6-9,11-16,20-22H,4-5,10,17-19,23H2,1-3H3,(H,33,36). The molecule has 4 rings (SSSR count). The van der Waals surface area contributed by atoms with Crippen molar-refractivity contribution in [1.82, 2.24) is 10.2 Å². The summed E-state index contributed by atoms with van der Waals surface area (Å²) >= 11 is 1.45. The highest BCUT2D eigenvalue weighted by molar-refractivity contribution is 8.04. The fourth-order valence-electron chi connectivity index (χ4n) is 4.55. The van der Waals surface area contributed by atoms with Gasteiger partial charge in [-0.25, -0.2) is 0 Å². The third-order valence-corrected chi connectivity index (χ3v) is 7.75. The van der Waals surface area contributed by atoms with Gasteiger partial charge < -0.3 is 10.2 Å². The van der Waals surface area contributed by atoms with Gasteiger partial charge >= 0.3 is 0 Å². The smallest absolute Gasteiger partial charge is 0.264 e. The third kappa shape index (κ3) is 7.36. The number of nitrogens with one attached hydrogen (secondary N) is 1. The molecule has 3 aromatic rings. The average molecular weight is 528 g/mol. The molecule has 1 aliphatic heterocycles. The highest BCUT2D eigenvalue weighted by Gasteiger charge is 2.27. The van der Waals surface area contributed by atoms with Crippen LogP contribution in [0, 0.1) is 6.92 Å². The molecule has 0 saturated carbocycles. The van der Waals surface area contributed by atoms with Crippen LogP contribution in [-0.2, 0) is 11.3 Å². The van der Waals surface area contributed by atoms with Crippen molar-refractivity contribution < 1.29 is 9.59 Å². The number of fused-ring (bicyclic) bond motifs is 1. The first-order valence-electron chi connectivity index (χ1n) is 13.4. The first-order valence-corrected chi connectivity index (χ1v) is 14.2. The van der Waals surface area contributed by atoms with Crippen LogP contribution >= 0.6 is 11.8 Å². The van der Waals surface area contributed by atoms with Gasteiger partial charge in [-0.1, -0.05) is 85.3 Å². The summed E-state index contributed by atoms with van der Waals surface area (Å²) in [5.41, 5.74) is 4.81. The van der Waals surface area contributed by atoms with Crippen LogP contribution in [0.25, 0.3) is 6.08 Å². The van der Waals surface area contributed by atoms with Crippen molar-refractivity contribution in [2.45, 2.75) is 44.6 Å². The Morgan fingerprint density at radius 3 is 2.55 bits per heavy atom. The molecule has 6 heteroatoms. The van der Waals surface area contributed by atoms with E-state index in [9.17, 15) is 9.59 Å². The van der Waals surface area contributed by atoms with Gasteiger partial charge in [0, 0.05) is 37.1 Å². The molecule has 0 bridgehead atoms. The Kier molecular flexibility index (Phi) is 9.79. The number of likely N-dealkylation sites (N-methyl/N-ethyl adjacent to an activating group) is 1. The number of hydrogen-bond acceptors (Lipinski definition) is 4. The van der Waals surface area contributed by atoms with Gasteiger partial charge in [0.05, 0.1) is 10.6 Å². The molecule has 1 heterocycles. The Morgan fingerprint density at radius 1 is 1.00 bits per heavy atom. The minimum Gasteiger partial charge on any atom is -0.352 e. The second-order valence-corrected chi connectivity index (χ2v) is 10.9. The minimum atomic E-state index is -0.108. The lowest BCUT2D eigenvalue weighted by molar-refractivity contribution is -0.114. The number of aryl methyl sites for hydroxylation is 1. The number of hydrogen-bond donors (Lipinski definition) is 1. The molecule has 38 heavy (non-hydrogen) atoms. The summed E-state index contributed by atoms with van der Waals surface area (Å²) in [6.07, 6.45) is 5.15. The van der Waals surface area contributed by atoms with Crippen molar-refractivity contribution >= 4 is 35.3 Å². The van der Waals surface area contributed by atoms with E-state index in [4.69, 9.17) is 0 Å². The van der Waals surface area contributed by atoms with Gasteiger partial charge in [0.2, 0.25) is 0 Å². The normalized spacial score (nSPS) is 14.2. The molecule has 0 saturated heterocycles. The van der Waals surface area contributed by atoms with E-state index in [0.29, 0.717) is 17.0 Å². The highest BCUT2D eigenvalue weighted by Crippen LogP contribution is 2.42. The van der Waals surface area contributed by atoms with E-state index in [1.54, 1.807) is 11.9 Å². The van der Waals surface area contributed by atoms with Crippen LogP contribution in [0.3, 0.4) is 0 Å². The lowest BCUT2D eigenvalue weighted by Gasteiger charge is -2.27. The zero-order chi connectivity index (χ0) is 26.9. The van der Waals surface area contributed by atoms with Crippen LogP contribution in [0.2, 0.25) is 0 Å². The predicted molar refractivity (Wildman–Crippen MR) is 158 cm³/mol. The summed E-state index contributed by atoms with van der Waals surface area (Å²) in [5.74, 6) is -0.171. The van der Waals surface area contributed by atoms with Gasteiger partial charge in [0.15, 0.2) is 0 Å². The number of amides is 2. The second kappa shape index (κ2) is 13.4. The Balaban J connectivity index is 1.34. The molecular weight excluding hydrogens is 490 g/mol. The Labute approximate surface area is 230 Å². The Hall–Kier alpha value is -3.35. The molecule has 0 aliphatic carbocycles. The van der Waals surface area contributed by atoms with E-state index in [1.165, 1.54) is 30.2 Å². The molecule has 5 nitrogen and oxygen atoms in total. The van der Waals surface area contributed by atoms with Crippen molar-refractivity contribution in [1.29, 1.82) is 0 Å². The van der Waals surface area contributed by atoms with Crippen molar-refractivity contribution in [3.05, 3.63) is 100.0 Å². The number of anilines is 1. The van der Waals surface area contributed by atoms with Crippen LogP contribution in [0.1, 0.15) is 53.2 Å². The van der Waals surface area contributed by atoms with E-state index >= 15 is 0 Å². The zero-order valence-electron chi connectivity index (χ0n) is 22.6. The van der Waals surface area contributed by atoms with Gasteiger partial charge in [-0.2, -0.15) is 0 Å². The maximum Gasteiger partial charge on any atom is 0.264 e. The molecule has 0 aromatic heterocycles. The lowest BCUT2D eigenvalue weighted by Crippen LogP contribution is -2.32. The number of unbranched alkanes of at least 4 members (excludes halogenated alkanes) is 1. The molecule has 2 amide bonds. The average Bonchev–Trinajstić information content (AvgIpc) is 2.92. The summed E-state index contributed by atoms with van der Waals surface area (Å²) in [4.78, 5) is 31.7. The molecular formula is C32H37N3O2S. The summed E-state index contributed by atoms with van der Waals surface area (Å²) in [6.45, 7) is 7.78. The van der Waals surface area contributed by atoms with Crippen LogP contribution in [0.15, 0.2) is 82.6 Å². The molecule has 3 aromatic carbocycles. The topological polar surface area (TPSA) is 52.7 Å². The summed E-state index contributed by atoms with van der Waals surface area (Å²) < 4.78 is 0. The summed E-state index contributed by atoms with van der Waals surface area (Å²) in [6, 6.07) is 24.2. The maximum atomic E-state index is 13.1. The molecule has 0 atom stereocenters. The first-order chi connectivity index (χ1) is 18.4. The van der Waals surface area contributed by atoms with Gasteiger partial charge in [0.1, 0.15) is 0 Å². The molecule has 198 valence electrons. The molecule has 0 spiro atoms. The van der Waals surface area contributed by atoms with Crippen molar-refractivity contribution in [2.24, 2.45) is 0 Å². The summed E-state index contributed by atoms with van der Waals surface area (Å²) in [7, 11) is 1.77. The van der Waals surface area contributed by atoms with Crippen molar-refractivity contribution in [3.8, 4) is 0 Å². The fraction of sp³-hybridized carbons (Fsp3) is 0.312. The third-order valence-electron chi connectivity index (χ3n) is 6.67. The van der Waals surface area contributed by atoms with Crippen molar-refractivity contribution in [3.63, 3.8) is 0 Å². The number of carbonyl (C=O) groups excluding carboxylic acids is 2. The van der Waals surface area contributed by atoms with E-state index in [1.807, 2.05) is 55.5 Å². The maximum absolute atomic E-state index is 13.1. The number of carbonyl (C=O) groups is 2. The van der Waals surface area contributed by atoms with E-state index in [0.717, 1.165) is 47.8 Å². The van der Waals surface area contributed by atoms with Crippen molar-refractivity contribution in [2.75, 3.05) is 31.6 Å². The monoisotopic (exact) mass is 527 g/mol. The largest absolute Gasteiger partial charge is 0.352 e.